The van der Waals surface area contributed by atoms with Crippen LogP contribution in [0.4, 0.5) is 5.69 Å². The number of rotatable bonds is 5. The van der Waals surface area contributed by atoms with E-state index in [1.54, 1.807) is 19.4 Å². The van der Waals surface area contributed by atoms with Crippen LogP contribution in [0.15, 0.2) is 47.6 Å². The normalized spacial score (nSPS) is 11.2. The number of pyridine rings is 1. The molecule has 2 aromatic rings. The predicted molar refractivity (Wildman–Crippen MR) is 85.6 cm³/mol. The molecule has 3 N–H and O–H groups in total. The smallest absolute Gasteiger partial charge is 0.212 e. The molecule has 0 fully saturated rings. The molecule has 21 heavy (non-hydrogen) atoms. The number of aromatic nitrogens is 1. The lowest BCUT2D eigenvalue weighted by molar-refractivity contribution is 0.397. The number of methoxy groups -OCH3 is 1. The van der Waals surface area contributed by atoms with Gasteiger partial charge >= 0.3 is 0 Å². The van der Waals surface area contributed by atoms with E-state index in [0.717, 1.165) is 17.7 Å². The van der Waals surface area contributed by atoms with Gasteiger partial charge < -0.3 is 15.8 Å². The first-order chi connectivity index (χ1) is 10.2. The second-order valence-electron chi connectivity index (χ2n) is 4.59. The van der Waals surface area contributed by atoms with Crippen molar-refractivity contribution < 1.29 is 4.74 Å². The van der Waals surface area contributed by atoms with E-state index in [0.29, 0.717) is 18.4 Å². The van der Waals surface area contributed by atoms with Crippen LogP contribution in [-0.2, 0) is 13.0 Å². The lowest BCUT2D eigenvalue weighted by Gasteiger charge is -2.07. The van der Waals surface area contributed by atoms with Gasteiger partial charge in [0.2, 0.25) is 5.88 Å². The van der Waals surface area contributed by atoms with Crippen LogP contribution in [-0.4, -0.2) is 18.1 Å². The number of ether oxygens (including phenoxy) is 1. The monoisotopic (exact) mass is 284 g/mol. The first kappa shape index (κ1) is 14.8. The number of nitrogens with one attached hydrogen (secondary N) is 1. The van der Waals surface area contributed by atoms with Gasteiger partial charge in [0.15, 0.2) is 5.96 Å². The van der Waals surface area contributed by atoms with Crippen LogP contribution >= 0.6 is 0 Å². The van der Waals surface area contributed by atoms with Gasteiger partial charge in [-0.1, -0.05) is 25.1 Å². The molecule has 0 aliphatic carbocycles. The van der Waals surface area contributed by atoms with Gasteiger partial charge in [-0.25, -0.2) is 9.98 Å². The zero-order valence-electron chi connectivity index (χ0n) is 12.3. The van der Waals surface area contributed by atoms with Crippen molar-refractivity contribution in [3.05, 3.63) is 53.7 Å². The number of aryl methyl sites for hydroxylation is 1. The van der Waals surface area contributed by atoms with Gasteiger partial charge in [0.25, 0.3) is 0 Å². The van der Waals surface area contributed by atoms with E-state index in [1.165, 1.54) is 5.56 Å². The van der Waals surface area contributed by atoms with Gasteiger partial charge in [0.1, 0.15) is 0 Å². The molecule has 0 aliphatic heterocycles. The maximum atomic E-state index is 5.89. The molecular formula is C16H20N4O. The molecule has 0 aliphatic rings. The molecule has 5 nitrogen and oxygen atoms in total. The quantitative estimate of drug-likeness (QED) is 0.654. The Labute approximate surface area is 124 Å². The summed E-state index contributed by atoms with van der Waals surface area (Å²) in [5.74, 6) is 0.976. The number of aliphatic imine (C=N–C) groups is 1. The number of hydrogen-bond donors (Lipinski definition) is 2. The Bertz CT molecular complexity index is 608. The predicted octanol–water partition coefficient (Wildman–Crippen LogP) is 2.58. The van der Waals surface area contributed by atoms with Gasteiger partial charge in [-0.15, -0.1) is 0 Å². The second-order valence-corrected chi connectivity index (χ2v) is 4.59. The highest BCUT2D eigenvalue weighted by Crippen LogP contribution is 2.11. The molecule has 0 atom stereocenters. The van der Waals surface area contributed by atoms with E-state index in [-0.39, 0.29) is 0 Å². The number of nitrogens with two attached hydrogens (primary N) is 1. The second kappa shape index (κ2) is 7.28. The Morgan fingerprint density at radius 1 is 1.29 bits per heavy atom. The minimum Gasteiger partial charge on any atom is -0.481 e. The average molecular weight is 284 g/mol. The fourth-order valence-corrected chi connectivity index (χ4v) is 1.86. The molecule has 1 aromatic heterocycles. The van der Waals surface area contributed by atoms with Crippen molar-refractivity contribution in [1.29, 1.82) is 0 Å². The molecule has 0 saturated carbocycles. The van der Waals surface area contributed by atoms with Gasteiger partial charge in [-0.2, -0.15) is 0 Å². The molecule has 1 heterocycles. The van der Waals surface area contributed by atoms with E-state index >= 15 is 0 Å². The minimum atomic E-state index is 0.388. The summed E-state index contributed by atoms with van der Waals surface area (Å²) in [6.07, 6.45) is 2.72. The first-order valence-corrected chi connectivity index (χ1v) is 6.86. The largest absolute Gasteiger partial charge is 0.481 e. The van der Waals surface area contributed by atoms with Gasteiger partial charge in [0.05, 0.1) is 13.7 Å². The average Bonchev–Trinajstić information content (AvgIpc) is 2.53. The molecule has 1 aromatic carbocycles. The fraction of sp³-hybridized carbons (Fsp3) is 0.250. The summed E-state index contributed by atoms with van der Waals surface area (Å²) in [7, 11) is 1.59. The van der Waals surface area contributed by atoms with Crippen LogP contribution in [0.2, 0.25) is 0 Å². The lowest BCUT2D eigenvalue weighted by Crippen LogP contribution is -2.22. The Morgan fingerprint density at radius 3 is 2.81 bits per heavy atom. The zero-order chi connectivity index (χ0) is 15.1. The summed E-state index contributed by atoms with van der Waals surface area (Å²) in [4.78, 5) is 8.43. The third-order valence-corrected chi connectivity index (χ3v) is 3.05. The Kier molecular flexibility index (Phi) is 5.15. The molecule has 5 heteroatoms. The number of benzene rings is 1. The summed E-state index contributed by atoms with van der Waals surface area (Å²) in [5.41, 5.74) is 9.07. The maximum absolute atomic E-state index is 5.89. The molecule has 0 unspecified atom stereocenters. The van der Waals surface area contributed by atoms with Gasteiger partial charge in [-0.3, -0.25) is 0 Å². The Hall–Kier alpha value is -2.56. The van der Waals surface area contributed by atoms with Crippen molar-refractivity contribution in [3.63, 3.8) is 0 Å². The highest BCUT2D eigenvalue weighted by atomic mass is 16.5. The maximum Gasteiger partial charge on any atom is 0.212 e. The third kappa shape index (κ3) is 4.49. The summed E-state index contributed by atoms with van der Waals surface area (Å²) < 4.78 is 5.01. The van der Waals surface area contributed by atoms with Crippen molar-refractivity contribution in [2.24, 2.45) is 10.7 Å². The van der Waals surface area contributed by atoms with E-state index in [2.05, 4.69) is 34.3 Å². The first-order valence-electron chi connectivity index (χ1n) is 6.86. The molecule has 0 saturated heterocycles. The van der Waals surface area contributed by atoms with Crippen LogP contribution in [0.25, 0.3) is 0 Å². The van der Waals surface area contributed by atoms with Crippen molar-refractivity contribution in [2.45, 2.75) is 19.9 Å². The van der Waals surface area contributed by atoms with Crippen LogP contribution in [0.3, 0.4) is 0 Å². The summed E-state index contributed by atoms with van der Waals surface area (Å²) >= 11 is 0. The number of anilines is 1. The number of guanidine groups is 1. The molecule has 2 rings (SSSR count). The zero-order valence-corrected chi connectivity index (χ0v) is 12.3. The minimum absolute atomic E-state index is 0.388. The summed E-state index contributed by atoms with van der Waals surface area (Å²) in [6, 6.07) is 11.8. The van der Waals surface area contributed by atoms with Gasteiger partial charge in [0, 0.05) is 18.0 Å². The van der Waals surface area contributed by atoms with Crippen LogP contribution in [0.5, 0.6) is 5.88 Å². The Morgan fingerprint density at radius 2 is 2.14 bits per heavy atom. The molecule has 0 bridgehead atoms. The third-order valence-electron chi connectivity index (χ3n) is 3.05. The van der Waals surface area contributed by atoms with Crippen LogP contribution in [0.1, 0.15) is 18.1 Å². The number of nitrogens with zero attached hydrogens (tertiary/aromatic N) is 2. The van der Waals surface area contributed by atoms with Crippen LogP contribution in [0, 0.1) is 0 Å². The topological polar surface area (TPSA) is 72.5 Å². The van der Waals surface area contributed by atoms with E-state index < -0.39 is 0 Å². The molecule has 0 radical (unpaired) electrons. The summed E-state index contributed by atoms with van der Waals surface area (Å²) in [5, 5.41) is 3.09. The molecule has 0 amide bonds. The number of hydrogen-bond acceptors (Lipinski definition) is 3. The standard InChI is InChI=1S/C16H20N4O/c1-3-12-5-4-6-14(9-12)20-16(17)19-11-13-7-8-15(21-2)18-10-13/h4-10H,3,11H2,1-2H3,(H3,17,19,20). The van der Waals surface area contributed by atoms with Crippen molar-refractivity contribution in [3.8, 4) is 5.88 Å². The molecular weight excluding hydrogens is 264 g/mol. The molecule has 0 spiro atoms. The summed E-state index contributed by atoms with van der Waals surface area (Å²) in [6.45, 7) is 2.59. The van der Waals surface area contributed by atoms with E-state index in [1.807, 2.05) is 18.2 Å². The van der Waals surface area contributed by atoms with Crippen LogP contribution < -0.4 is 15.8 Å². The SMILES string of the molecule is CCc1cccc(NC(N)=NCc2ccc(OC)nc2)c1. The van der Waals surface area contributed by atoms with E-state index in [9.17, 15) is 0 Å². The van der Waals surface area contributed by atoms with E-state index in [4.69, 9.17) is 10.5 Å². The van der Waals surface area contributed by atoms with Crippen molar-refractivity contribution >= 4 is 11.6 Å². The van der Waals surface area contributed by atoms with Crippen molar-refractivity contribution in [1.82, 2.24) is 4.98 Å². The van der Waals surface area contributed by atoms with Crippen molar-refractivity contribution in [2.75, 3.05) is 12.4 Å². The lowest BCUT2D eigenvalue weighted by atomic mass is 10.1. The fourth-order valence-electron chi connectivity index (χ4n) is 1.86. The highest BCUT2D eigenvalue weighted by molar-refractivity contribution is 5.92. The molecule has 110 valence electrons. The Balaban J connectivity index is 1.96. The highest BCUT2D eigenvalue weighted by Gasteiger charge is 1.98. The van der Waals surface area contributed by atoms with Gasteiger partial charge in [-0.05, 0) is 29.7 Å².